The van der Waals surface area contributed by atoms with Crippen LogP contribution in [0.2, 0.25) is 0 Å². The number of hydrogen-bond acceptors (Lipinski definition) is 7. The highest BCUT2D eigenvalue weighted by molar-refractivity contribution is 6.20. The number of azide groups is 1. The van der Waals surface area contributed by atoms with Crippen LogP contribution in [-0.2, 0) is 14.3 Å². The van der Waals surface area contributed by atoms with E-state index in [4.69, 9.17) is 15.5 Å². The van der Waals surface area contributed by atoms with E-state index in [0.29, 0.717) is 5.56 Å². The van der Waals surface area contributed by atoms with E-state index in [1.807, 2.05) is 6.07 Å². The summed E-state index contributed by atoms with van der Waals surface area (Å²) in [6.07, 6.45) is 1.48. The summed E-state index contributed by atoms with van der Waals surface area (Å²) in [6.45, 7) is -0.0462. The molecular weight excluding hydrogens is 342 g/mol. The first-order chi connectivity index (χ1) is 12.5. The lowest BCUT2D eigenvalue weighted by Crippen LogP contribution is -2.16. The monoisotopic (exact) mass is 357 g/mol. The van der Waals surface area contributed by atoms with Gasteiger partial charge in [0.05, 0.1) is 17.4 Å². The number of nitriles is 1. The normalized spacial score (nSPS) is 10.3. The zero-order valence-electron chi connectivity index (χ0n) is 13.7. The number of nitrogens with zero attached hydrogens (tertiary/aromatic N) is 5. The molecule has 0 amide bonds. The number of ketones is 1. The Kier molecular flexibility index (Phi) is 8.58. The molecule has 0 unspecified atom stereocenters. The van der Waals surface area contributed by atoms with Gasteiger partial charge in [-0.25, -0.2) is 4.79 Å². The van der Waals surface area contributed by atoms with Crippen LogP contribution >= 0.6 is 0 Å². The first-order valence-electron chi connectivity index (χ1n) is 7.54. The van der Waals surface area contributed by atoms with Crippen molar-refractivity contribution in [2.45, 2.75) is 19.3 Å². The van der Waals surface area contributed by atoms with Crippen molar-refractivity contribution >= 4 is 23.5 Å². The van der Waals surface area contributed by atoms with Crippen molar-refractivity contribution in [3.8, 4) is 6.07 Å². The average Bonchev–Trinajstić information content (AvgIpc) is 2.63. The van der Waals surface area contributed by atoms with Gasteiger partial charge < -0.3 is 4.74 Å². The fraction of sp³-hybridized carbons (Fsp3) is 0.312. The van der Waals surface area contributed by atoms with E-state index in [-0.39, 0.29) is 43.7 Å². The molecule has 0 atom stereocenters. The van der Waals surface area contributed by atoms with Crippen LogP contribution in [0, 0.1) is 21.4 Å². The van der Waals surface area contributed by atoms with Crippen LogP contribution in [0.1, 0.15) is 24.8 Å². The van der Waals surface area contributed by atoms with Crippen LogP contribution in [-0.4, -0.2) is 29.8 Å². The molecule has 0 bridgehead atoms. The summed E-state index contributed by atoms with van der Waals surface area (Å²) in [5, 5.41) is 22.5. The Morgan fingerprint density at radius 1 is 1.38 bits per heavy atom. The molecule has 0 saturated carbocycles. The Hall–Kier alpha value is -3.70. The van der Waals surface area contributed by atoms with E-state index in [1.165, 1.54) is 30.3 Å². The van der Waals surface area contributed by atoms with E-state index in [1.54, 1.807) is 0 Å². The molecule has 0 aliphatic rings. The van der Waals surface area contributed by atoms with E-state index in [9.17, 15) is 19.7 Å². The molecule has 1 rings (SSSR count). The highest BCUT2D eigenvalue weighted by atomic mass is 16.6. The summed E-state index contributed by atoms with van der Waals surface area (Å²) in [7, 11) is 0. The number of nitro groups is 1. The second kappa shape index (κ2) is 11.0. The highest BCUT2D eigenvalue weighted by Gasteiger charge is 2.19. The van der Waals surface area contributed by atoms with Crippen LogP contribution in [0.5, 0.6) is 0 Å². The van der Waals surface area contributed by atoms with Gasteiger partial charge in [0.15, 0.2) is 5.78 Å². The van der Waals surface area contributed by atoms with Gasteiger partial charge in [-0.05, 0) is 35.7 Å². The summed E-state index contributed by atoms with van der Waals surface area (Å²) in [5.41, 5.74) is 8.27. The molecular formula is C16H15N5O5. The maximum absolute atomic E-state index is 12.3. The van der Waals surface area contributed by atoms with Crippen LogP contribution < -0.4 is 0 Å². The number of non-ortho nitro benzene ring substituents is 1. The van der Waals surface area contributed by atoms with Gasteiger partial charge in [-0.2, -0.15) is 5.26 Å². The molecule has 0 heterocycles. The van der Waals surface area contributed by atoms with Gasteiger partial charge in [0, 0.05) is 30.0 Å². The fourth-order valence-electron chi connectivity index (χ4n) is 1.87. The van der Waals surface area contributed by atoms with Gasteiger partial charge in [0.2, 0.25) is 0 Å². The Labute approximate surface area is 148 Å². The van der Waals surface area contributed by atoms with Crippen molar-refractivity contribution in [1.29, 1.82) is 5.26 Å². The van der Waals surface area contributed by atoms with Crippen molar-refractivity contribution in [1.82, 2.24) is 0 Å². The summed E-state index contributed by atoms with van der Waals surface area (Å²) in [5.74, 6) is -1.40. The second-order valence-corrected chi connectivity index (χ2v) is 4.93. The van der Waals surface area contributed by atoms with E-state index >= 15 is 0 Å². The SMILES string of the molecule is N#CCCOC(=O)/C(=C/c1ccc([N+](=O)[O-])cc1)C(=O)CCCN=[N+]=[N-]. The zero-order chi connectivity index (χ0) is 19.4. The summed E-state index contributed by atoms with van der Waals surface area (Å²) in [6, 6.07) is 7.10. The summed E-state index contributed by atoms with van der Waals surface area (Å²) in [4.78, 5) is 37.1. The molecule has 1 aromatic carbocycles. The van der Waals surface area contributed by atoms with Gasteiger partial charge in [-0.1, -0.05) is 5.11 Å². The van der Waals surface area contributed by atoms with Crippen molar-refractivity contribution in [2.24, 2.45) is 5.11 Å². The number of carbonyl (C=O) groups is 2. The van der Waals surface area contributed by atoms with Crippen LogP contribution in [0.25, 0.3) is 16.5 Å². The maximum atomic E-state index is 12.3. The Balaban J connectivity index is 2.99. The first-order valence-corrected chi connectivity index (χ1v) is 7.54. The molecule has 0 saturated heterocycles. The Morgan fingerprint density at radius 3 is 2.65 bits per heavy atom. The smallest absolute Gasteiger partial charge is 0.341 e. The molecule has 0 aromatic heterocycles. The van der Waals surface area contributed by atoms with Gasteiger partial charge in [-0.15, -0.1) is 0 Å². The minimum atomic E-state index is -0.882. The average molecular weight is 357 g/mol. The first kappa shape index (κ1) is 20.3. The summed E-state index contributed by atoms with van der Waals surface area (Å²) >= 11 is 0. The van der Waals surface area contributed by atoms with Crippen molar-refractivity contribution in [3.63, 3.8) is 0 Å². The van der Waals surface area contributed by atoms with Gasteiger partial charge >= 0.3 is 5.97 Å². The Morgan fingerprint density at radius 2 is 2.08 bits per heavy atom. The molecule has 0 spiro atoms. The topological polar surface area (TPSA) is 159 Å². The Bertz CT molecular complexity index is 788. The lowest BCUT2D eigenvalue weighted by molar-refractivity contribution is -0.384. The van der Waals surface area contributed by atoms with Crippen molar-refractivity contribution in [2.75, 3.05) is 13.2 Å². The number of nitro benzene ring substituents is 1. The molecule has 0 N–H and O–H groups in total. The van der Waals surface area contributed by atoms with Crippen LogP contribution in [0.15, 0.2) is 35.0 Å². The molecule has 0 aliphatic heterocycles. The van der Waals surface area contributed by atoms with Crippen molar-refractivity contribution < 1.29 is 19.2 Å². The molecule has 26 heavy (non-hydrogen) atoms. The molecule has 0 radical (unpaired) electrons. The molecule has 1 aromatic rings. The van der Waals surface area contributed by atoms with E-state index in [2.05, 4.69) is 10.0 Å². The van der Waals surface area contributed by atoms with Gasteiger partial charge in [0.1, 0.15) is 12.2 Å². The fourth-order valence-corrected chi connectivity index (χ4v) is 1.87. The van der Waals surface area contributed by atoms with E-state index < -0.39 is 16.7 Å². The number of ether oxygens (including phenoxy) is 1. The lowest BCUT2D eigenvalue weighted by atomic mass is 10.0. The van der Waals surface area contributed by atoms with Crippen LogP contribution in [0.4, 0.5) is 5.69 Å². The molecule has 10 heteroatoms. The maximum Gasteiger partial charge on any atom is 0.341 e. The van der Waals surface area contributed by atoms with Gasteiger partial charge in [-0.3, -0.25) is 14.9 Å². The van der Waals surface area contributed by atoms with E-state index in [0.717, 1.165) is 0 Å². The standard InChI is InChI=1S/C16H15N5O5/c17-8-2-10-26-16(23)14(15(22)3-1-9-19-20-18)11-12-4-6-13(7-5-12)21(24)25/h4-7,11H,1-3,9-10H2/b14-11+. The van der Waals surface area contributed by atoms with Crippen LogP contribution in [0.3, 0.4) is 0 Å². The molecule has 0 fully saturated rings. The van der Waals surface area contributed by atoms with Gasteiger partial charge in [0.25, 0.3) is 5.69 Å². The highest BCUT2D eigenvalue weighted by Crippen LogP contribution is 2.16. The number of esters is 1. The third-order valence-electron chi connectivity index (χ3n) is 3.11. The largest absolute Gasteiger partial charge is 0.461 e. The van der Waals surface area contributed by atoms with Crippen molar-refractivity contribution in [3.05, 3.63) is 56.0 Å². The predicted molar refractivity (Wildman–Crippen MR) is 90.5 cm³/mol. The molecule has 0 aliphatic carbocycles. The predicted octanol–water partition coefficient (Wildman–Crippen LogP) is 3.09. The third kappa shape index (κ3) is 6.82. The number of Topliss-reactive ketones (excluding diaryl/α,β-unsaturated/α-hetero) is 1. The number of benzene rings is 1. The zero-order valence-corrected chi connectivity index (χ0v) is 13.7. The molecule has 10 nitrogen and oxygen atoms in total. The third-order valence-corrected chi connectivity index (χ3v) is 3.11. The lowest BCUT2D eigenvalue weighted by Gasteiger charge is -2.07. The number of carbonyl (C=O) groups excluding carboxylic acids is 2. The minimum absolute atomic E-state index is 0.0123. The second-order valence-electron chi connectivity index (χ2n) is 4.93. The number of hydrogen-bond donors (Lipinski definition) is 0. The molecule has 134 valence electrons. The summed E-state index contributed by atoms with van der Waals surface area (Å²) < 4.78 is 4.89. The minimum Gasteiger partial charge on any atom is -0.461 e. The number of rotatable bonds is 10. The quantitative estimate of drug-likeness (QED) is 0.0597.